The Morgan fingerprint density at radius 3 is 2.64 bits per heavy atom. The van der Waals surface area contributed by atoms with Crippen molar-refractivity contribution in [2.24, 2.45) is 0 Å². The molecule has 0 radical (unpaired) electrons. The van der Waals surface area contributed by atoms with Crippen molar-refractivity contribution in [2.45, 2.75) is 0 Å². The van der Waals surface area contributed by atoms with Gasteiger partial charge in [-0.1, -0.05) is 30.4 Å². The molecule has 1 aromatic rings. The molecule has 0 unspecified atom stereocenters. The first-order valence-corrected chi connectivity index (χ1v) is 3.40. The van der Waals surface area contributed by atoms with Gasteiger partial charge in [-0.15, -0.1) is 0 Å². The minimum absolute atomic E-state index is 0.00562. The predicted octanol–water partition coefficient (Wildman–Crippen LogP) is 1.40. The quantitative estimate of drug-likeness (QED) is 0.669. The second kappa shape index (κ2) is 3.78. The Kier molecular flexibility index (Phi) is 2.69. The van der Waals surface area contributed by atoms with Gasteiger partial charge in [0.15, 0.2) is 0 Å². The molecule has 0 saturated carbocycles. The van der Waals surface area contributed by atoms with Gasteiger partial charge in [0.05, 0.1) is 6.61 Å². The molecule has 0 bridgehead atoms. The average molecular weight is 150 g/mol. The third kappa shape index (κ3) is 2.09. The van der Waals surface area contributed by atoms with E-state index in [0.29, 0.717) is 0 Å². The molecule has 1 aromatic carbocycles. The highest BCUT2D eigenvalue weighted by molar-refractivity contribution is 5.56. The van der Waals surface area contributed by atoms with Gasteiger partial charge in [0.2, 0.25) is 0 Å². The van der Waals surface area contributed by atoms with Crippen LogP contribution in [-0.4, -0.2) is 16.8 Å². The molecule has 2 heteroatoms. The number of benzene rings is 1. The van der Waals surface area contributed by atoms with Crippen LogP contribution in [0.2, 0.25) is 0 Å². The minimum atomic E-state index is -0.00562. The first-order chi connectivity index (χ1) is 5.34. The lowest BCUT2D eigenvalue weighted by atomic mass is 10.2. The fraction of sp³-hybridized carbons (Fsp3) is 0.111. The number of hydrogen-bond acceptors (Lipinski definition) is 2. The van der Waals surface area contributed by atoms with Crippen molar-refractivity contribution in [1.29, 1.82) is 0 Å². The van der Waals surface area contributed by atoms with E-state index < -0.39 is 0 Å². The van der Waals surface area contributed by atoms with Gasteiger partial charge in [-0.25, -0.2) is 0 Å². The monoisotopic (exact) mass is 150 g/mol. The zero-order valence-corrected chi connectivity index (χ0v) is 6.07. The number of aliphatic hydroxyl groups is 1. The molecule has 2 N–H and O–H groups in total. The Morgan fingerprint density at radius 2 is 2.00 bits per heavy atom. The molecule has 0 atom stereocenters. The highest BCUT2D eigenvalue weighted by Gasteiger charge is 1.91. The molecule has 0 amide bonds. The molecular formula is C9H10O2. The standard InChI is InChI=1S/C9H10O2/c10-7-3-5-8-4-1-2-6-9(8)11/h1-6,10-11H,7H2/b5-3+. The van der Waals surface area contributed by atoms with Crippen molar-refractivity contribution < 1.29 is 10.2 Å². The molecular weight excluding hydrogens is 140 g/mol. The summed E-state index contributed by atoms with van der Waals surface area (Å²) >= 11 is 0. The van der Waals surface area contributed by atoms with Crippen molar-refractivity contribution >= 4 is 6.08 Å². The molecule has 0 heterocycles. The van der Waals surface area contributed by atoms with Crippen LogP contribution in [0.15, 0.2) is 30.3 Å². The molecule has 58 valence electrons. The summed E-state index contributed by atoms with van der Waals surface area (Å²) in [6.07, 6.45) is 3.25. The van der Waals surface area contributed by atoms with Crippen LogP contribution >= 0.6 is 0 Å². The van der Waals surface area contributed by atoms with Crippen LogP contribution in [0.4, 0.5) is 0 Å². The van der Waals surface area contributed by atoms with Crippen LogP contribution in [0.1, 0.15) is 5.56 Å². The second-order valence-corrected chi connectivity index (χ2v) is 2.14. The lowest BCUT2D eigenvalue weighted by molar-refractivity contribution is 0.343. The number of aromatic hydroxyl groups is 1. The predicted molar refractivity (Wildman–Crippen MR) is 44.2 cm³/mol. The molecule has 0 saturated heterocycles. The molecule has 0 spiro atoms. The Morgan fingerprint density at radius 1 is 1.27 bits per heavy atom. The van der Waals surface area contributed by atoms with E-state index >= 15 is 0 Å². The van der Waals surface area contributed by atoms with Crippen LogP contribution in [0.3, 0.4) is 0 Å². The normalized spacial score (nSPS) is 10.6. The Hall–Kier alpha value is -1.28. The zero-order valence-electron chi connectivity index (χ0n) is 6.07. The molecule has 11 heavy (non-hydrogen) atoms. The summed E-state index contributed by atoms with van der Waals surface area (Å²) < 4.78 is 0. The van der Waals surface area contributed by atoms with Crippen LogP contribution in [0.5, 0.6) is 5.75 Å². The zero-order chi connectivity index (χ0) is 8.10. The van der Waals surface area contributed by atoms with E-state index in [4.69, 9.17) is 5.11 Å². The molecule has 0 aromatic heterocycles. The van der Waals surface area contributed by atoms with Crippen LogP contribution in [0, 0.1) is 0 Å². The van der Waals surface area contributed by atoms with Crippen LogP contribution < -0.4 is 0 Å². The van der Waals surface area contributed by atoms with E-state index in [2.05, 4.69) is 0 Å². The van der Waals surface area contributed by atoms with Gasteiger partial charge in [0.25, 0.3) is 0 Å². The van der Waals surface area contributed by atoms with Crippen molar-refractivity contribution in [3.63, 3.8) is 0 Å². The maximum Gasteiger partial charge on any atom is 0.122 e. The van der Waals surface area contributed by atoms with E-state index in [0.717, 1.165) is 5.56 Å². The number of phenolic OH excluding ortho intramolecular Hbond substituents is 1. The number of phenols is 1. The van der Waals surface area contributed by atoms with Crippen LogP contribution in [-0.2, 0) is 0 Å². The van der Waals surface area contributed by atoms with Gasteiger partial charge in [0, 0.05) is 5.56 Å². The molecule has 2 nitrogen and oxygen atoms in total. The summed E-state index contributed by atoms with van der Waals surface area (Å²) in [6, 6.07) is 6.97. The van der Waals surface area contributed by atoms with E-state index in [1.165, 1.54) is 0 Å². The largest absolute Gasteiger partial charge is 0.507 e. The molecule has 0 fully saturated rings. The van der Waals surface area contributed by atoms with Crippen molar-refractivity contribution in [2.75, 3.05) is 6.61 Å². The Balaban J connectivity index is 2.86. The Bertz CT molecular complexity index is 253. The molecule has 0 aliphatic carbocycles. The fourth-order valence-corrected chi connectivity index (χ4v) is 0.808. The van der Waals surface area contributed by atoms with Gasteiger partial charge in [-0.2, -0.15) is 0 Å². The summed E-state index contributed by atoms with van der Waals surface area (Å²) in [5.41, 5.74) is 0.724. The first-order valence-electron chi connectivity index (χ1n) is 3.40. The smallest absolute Gasteiger partial charge is 0.122 e. The number of hydrogen-bond donors (Lipinski definition) is 2. The van der Waals surface area contributed by atoms with E-state index in [1.807, 2.05) is 6.07 Å². The average Bonchev–Trinajstić information content (AvgIpc) is 2.03. The topological polar surface area (TPSA) is 40.5 Å². The summed E-state index contributed by atoms with van der Waals surface area (Å²) in [6.45, 7) is -0.00562. The minimum Gasteiger partial charge on any atom is -0.507 e. The van der Waals surface area contributed by atoms with E-state index in [-0.39, 0.29) is 12.4 Å². The van der Waals surface area contributed by atoms with Crippen molar-refractivity contribution in [1.82, 2.24) is 0 Å². The van der Waals surface area contributed by atoms with Gasteiger partial charge >= 0.3 is 0 Å². The van der Waals surface area contributed by atoms with Crippen molar-refractivity contribution in [3.8, 4) is 5.75 Å². The maximum absolute atomic E-state index is 9.20. The third-order valence-electron chi connectivity index (χ3n) is 1.34. The first kappa shape index (κ1) is 7.82. The van der Waals surface area contributed by atoms with Gasteiger partial charge in [-0.3, -0.25) is 0 Å². The summed E-state index contributed by atoms with van der Waals surface area (Å²) in [7, 11) is 0. The summed E-state index contributed by atoms with van der Waals surface area (Å²) in [5, 5.41) is 17.7. The van der Waals surface area contributed by atoms with Gasteiger partial charge < -0.3 is 10.2 Å². The second-order valence-electron chi connectivity index (χ2n) is 2.14. The van der Waals surface area contributed by atoms with Gasteiger partial charge in [0.1, 0.15) is 5.75 Å². The lowest BCUT2D eigenvalue weighted by Crippen LogP contribution is -1.74. The molecule has 1 rings (SSSR count). The highest BCUT2D eigenvalue weighted by Crippen LogP contribution is 2.16. The molecule has 0 aliphatic heterocycles. The number of rotatable bonds is 2. The molecule has 0 aliphatic rings. The van der Waals surface area contributed by atoms with Gasteiger partial charge in [-0.05, 0) is 6.07 Å². The van der Waals surface area contributed by atoms with Crippen LogP contribution in [0.25, 0.3) is 6.08 Å². The Labute approximate surface area is 65.4 Å². The van der Waals surface area contributed by atoms with E-state index in [1.54, 1.807) is 30.4 Å². The van der Waals surface area contributed by atoms with Crippen molar-refractivity contribution in [3.05, 3.63) is 35.9 Å². The fourth-order valence-electron chi connectivity index (χ4n) is 0.808. The number of aliphatic hydroxyl groups excluding tert-OH is 1. The summed E-state index contributed by atoms with van der Waals surface area (Å²) in [5.74, 6) is 0.234. The maximum atomic E-state index is 9.20. The third-order valence-corrected chi connectivity index (χ3v) is 1.34. The summed E-state index contributed by atoms with van der Waals surface area (Å²) in [4.78, 5) is 0. The SMILES string of the molecule is OC/C=C/c1ccccc1O. The lowest BCUT2D eigenvalue weighted by Gasteiger charge is -1.95. The highest BCUT2D eigenvalue weighted by atomic mass is 16.3. The number of para-hydroxylation sites is 1. The van der Waals surface area contributed by atoms with E-state index in [9.17, 15) is 5.11 Å².